The molecule has 17 heavy (non-hydrogen) atoms. The van der Waals surface area contributed by atoms with E-state index in [2.05, 4.69) is 21.2 Å². The molecule has 0 atom stereocenters. The Bertz CT molecular complexity index is 344. The van der Waals surface area contributed by atoms with Crippen LogP contribution in [0, 0.1) is 6.92 Å². The summed E-state index contributed by atoms with van der Waals surface area (Å²) >= 11 is 1.53. The second-order valence-corrected chi connectivity index (χ2v) is 5.62. The minimum Gasteiger partial charge on any atom is -0.344 e. The predicted molar refractivity (Wildman–Crippen MR) is 72.5 cm³/mol. The van der Waals surface area contributed by atoms with Gasteiger partial charge in [0.15, 0.2) is 0 Å². The first-order valence-electron chi connectivity index (χ1n) is 6.53. The lowest BCUT2D eigenvalue weighted by molar-refractivity contribution is 0.375. The van der Waals surface area contributed by atoms with E-state index in [0.717, 1.165) is 36.8 Å². The van der Waals surface area contributed by atoms with Crippen LogP contribution in [0.1, 0.15) is 44.9 Å². The third kappa shape index (κ3) is 3.16. The molecule has 96 valence electrons. The van der Waals surface area contributed by atoms with E-state index >= 15 is 0 Å². The fourth-order valence-electron chi connectivity index (χ4n) is 2.49. The van der Waals surface area contributed by atoms with Crippen LogP contribution in [0.25, 0.3) is 0 Å². The van der Waals surface area contributed by atoms with Crippen molar-refractivity contribution in [1.82, 2.24) is 9.36 Å². The zero-order chi connectivity index (χ0) is 12.3. The maximum atomic E-state index is 5.97. The minimum atomic E-state index is 0.408. The van der Waals surface area contributed by atoms with E-state index < -0.39 is 0 Å². The van der Waals surface area contributed by atoms with Crippen molar-refractivity contribution in [3.05, 3.63) is 5.82 Å². The van der Waals surface area contributed by atoms with Crippen molar-refractivity contribution in [2.45, 2.75) is 58.0 Å². The second kappa shape index (κ2) is 5.78. The molecular weight excluding hydrogens is 232 g/mol. The topological polar surface area (TPSA) is 55.0 Å². The Morgan fingerprint density at radius 3 is 2.59 bits per heavy atom. The molecule has 2 rings (SSSR count). The summed E-state index contributed by atoms with van der Waals surface area (Å²) < 4.78 is 4.29. The normalized spacial score (nSPS) is 24.9. The molecule has 1 fully saturated rings. The smallest absolute Gasteiger partial charge is 0.205 e. The molecule has 4 nitrogen and oxygen atoms in total. The van der Waals surface area contributed by atoms with Crippen LogP contribution >= 0.6 is 11.5 Å². The molecule has 0 aromatic carbocycles. The largest absolute Gasteiger partial charge is 0.344 e. The third-order valence-electron chi connectivity index (χ3n) is 3.41. The van der Waals surface area contributed by atoms with Crippen LogP contribution in [0.3, 0.4) is 0 Å². The Morgan fingerprint density at radius 1 is 1.35 bits per heavy atom. The van der Waals surface area contributed by atoms with Gasteiger partial charge in [0.2, 0.25) is 5.13 Å². The number of rotatable bonds is 4. The molecule has 1 aliphatic carbocycles. The fraction of sp³-hybridized carbons (Fsp3) is 0.833. The Morgan fingerprint density at radius 2 is 2.06 bits per heavy atom. The zero-order valence-corrected chi connectivity index (χ0v) is 11.5. The lowest BCUT2D eigenvalue weighted by Crippen LogP contribution is -2.41. The van der Waals surface area contributed by atoms with Gasteiger partial charge in [0.05, 0.1) is 0 Å². The Hall–Kier alpha value is -0.680. The standard InChI is InChI=1S/C12H22N4S/c1-3-8-16(12-14-9(2)15-17-12)11-6-4-10(13)5-7-11/h10-11H,3-8,13H2,1-2H3. The molecule has 0 amide bonds. The van der Waals surface area contributed by atoms with Crippen LogP contribution in [-0.4, -0.2) is 28.0 Å². The zero-order valence-electron chi connectivity index (χ0n) is 10.7. The summed E-state index contributed by atoms with van der Waals surface area (Å²) in [6.07, 6.45) is 5.83. The fourth-order valence-corrected chi connectivity index (χ4v) is 3.26. The van der Waals surface area contributed by atoms with Crippen LogP contribution in [0.15, 0.2) is 0 Å². The van der Waals surface area contributed by atoms with Gasteiger partial charge >= 0.3 is 0 Å². The van der Waals surface area contributed by atoms with Crippen molar-refractivity contribution in [3.8, 4) is 0 Å². The van der Waals surface area contributed by atoms with Gasteiger partial charge in [0.1, 0.15) is 5.82 Å². The molecule has 5 heteroatoms. The summed E-state index contributed by atoms with van der Waals surface area (Å²) in [7, 11) is 0. The first-order chi connectivity index (χ1) is 8.20. The molecule has 1 saturated carbocycles. The predicted octanol–water partition coefficient (Wildman–Crippen LogP) is 2.33. The number of aromatic nitrogens is 2. The van der Waals surface area contributed by atoms with Gasteiger partial charge in [0, 0.05) is 30.2 Å². The molecule has 0 aliphatic heterocycles. The lowest BCUT2D eigenvalue weighted by Gasteiger charge is -2.35. The Kier molecular flexibility index (Phi) is 4.34. The van der Waals surface area contributed by atoms with Gasteiger partial charge in [-0.3, -0.25) is 0 Å². The van der Waals surface area contributed by atoms with Crippen molar-refractivity contribution in [2.75, 3.05) is 11.4 Å². The van der Waals surface area contributed by atoms with Crippen LogP contribution in [0.4, 0.5) is 5.13 Å². The monoisotopic (exact) mass is 254 g/mol. The maximum Gasteiger partial charge on any atom is 0.205 e. The molecule has 1 aromatic rings. The van der Waals surface area contributed by atoms with Gasteiger partial charge < -0.3 is 10.6 Å². The molecule has 0 radical (unpaired) electrons. The van der Waals surface area contributed by atoms with Gasteiger partial charge in [-0.2, -0.15) is 4.37 Å². The SMILES string of the molecule is CCCN(c1nc(C)ns1)C1CCC(N)CC1. The van der Waals surface area contributed by atoms with Crippen molar-refractivity contribution in [2.24, 2.45) is 5.73 Å². The maximum absolute atomic E-state index is 5.97. The highest BCUT2D eigenvalue weighted by atomic mass is 32.1. The quantitative estimate of drug-likeness (QED) is 0.896. The summed E-state index contributed by atoms with van der Waals surface area (Å²) in [4.78, 5) is 6.97. The average Bonchev–Trinajstić information content (AvgIpc) is 2.74. The minimum absolute atomic E-state index is 0.408. The van der Waals surface area contributed by atoms with Crippen molar-refractivity contribution in [3.63, 3.8) is 0 Å². The molecule has 1 aromatic heterocycles. The third-order valence-corrected chi connectivity index (χ3v) is 4.25. The highest BCUT2D eigenvalue weighted by molar-refractivity contribution is 7.09. The Balaban J connectivity index is 2.06. The van der Waals surface area contributed by atoms with E-state index in [1.807, 2.05) is 6.92 Å². The number of hydrogen-bond donors (Lipinski definition) is 1. The van der Waals surface area contributed by atoms with E-state index in [9.17, 15) is 0 Å². The number of nitrogens with two attached hydrogens (primary N) is 1. The van der Waals surface area contributed by atoms with Crippen molar-refractivity contribution >= 4 is 16.7 Å². The summed E-state index contributed by atoms with van der Waals surface area (Å²) in [5.74, 6) is 0.888. The van der Waals surface area contributed by atoms with Gasteiger partial charge in [-0.15, -0.1) is 0 Å². The van der Waals surface area contributed by atoms with E-state index in [0.29, 0.717) is 12.1 Å². The number of hydrogen-bond acceptors (Lipinski definition) is 5. The molecule has 2 N–H and O–H groups in total. The number of nitrogens with zero attached hydrogens (tertiary/aromatic N) is 3. The molecular formula is C12H22N4S. The van der Waals surface area contributed by atoms with Crippen LogP contribution in [-0.2, 0) is 0 Å². The van der Waals surface area contributed by atoms with Gasteiger partial charge in [-0.1, -0.05) is 6.92 Å². The van der Waals surface area contributed by atoms with Crippen molar-refractivity contribution in [1.29, 1.82) is 0 Å². The molecule has 0 spiro atoms. The van der Waals surface area contributed by atoms with Gasteiger partial charge in [0.25, 0.3) is 0 Å². The molecule has 0 saturated heterocycles. The lowest BCUT2D eigenvalue weighted by atomic mass is 9.91. The summed E-state index contributed by atoms with van der Waals surface area (Å²) in [5.41, 5.74) is 5.97. The second-order valence-electron chi connectivity index (χ2n) is 4.89. The number of aryl methyl sites for hydroxylation is 1. The van der Waals surface area contributed by atoms with Crippen LogP contribution in [0.5, 0.6) is 0 Å². The highest BCUT2D eigenvalue weighted by Crippen LogP contribution is 2.28. The van der Waals surface area contributed by atoms with Crippen LogP contribution < -0.4 is 10.6 Å². The molecule has 0 bridgehead atoms. The molecule has 0 unspecified atom stereocenters. The molecule has 1 heterocycles. The summed E-state index contributed by atoms with van der Waals surface area (Å²) in [6, 6.07) is 1.02. The first-order valence-corrected chi connectivity index (χ1v) is 7.30. The summed E-state index contributed by atoms with van der Waals surface area (Å²) in [6.45, 7) is 5.25. The average molecular weight is 254 g/mol. The van der Waals surface area contributed by atoms with Crippen molar-refractivity contribution < 1.29 is 0 Å². The van der Waals surface area contributed by atoms with Gasteiger partial charge in [-0.05, 0) is 39.0 Å². The van der Waals surface area contributed by atoms with E-state index in [-0.39, 0.29) is 0 Å². The highest BCUT2D eigenvalue weighted by Gasteiger charge is 2.25. The van der Waals surface area contributed by atoms with E-state index in [1.54, 1.807) is 0 Å². The van der Waals surface area contributed by atoms with Gasteiger partial charge in [-0.25, -0.2) is 4.98 Å². The first kappa shape index (κ1) is 12.8. The number of anilines is 1. The molecule has 1 aliphatic rings. The van der Waals surface area contributed by atoms with E-state index in [1.165, 1.54) is 24.4 Å². The van der Waals surface area contributed by atoms with E-state index in [4.69, 9.17) is 5.73 Å². The Labute approximate surface area is 107 Å². The van der Waals surface area contributed by atoms with Crippen LogP contribution in [0.2, 0.25) is 0 Å². The summed E-state index contributed by atoms with van der Waals surface area (Å²) in [5, 5.41) is 1.09.